The molecule has 5 heteroatoms. The van der Waals surface area contributed by atoms with Crippen molar-refractivity contribution in [3.05, 3.63) is 11.6 Å². The second-order valence-corrected chi connectivity index (χ2v) is 13.9. The first-order valence-electron chi connectivity index (χ1n) is 13.4. The Balaban J connectivity index is 1.46. The largest absolute Gasteiger partial charge is 0.469 e. The molecule has 0 saturated heterocycles. The molecule has 0 radical (unpaired) electrons. The van der Waals surface area contributed by atoms with Crippen molar-refractivity contribution in [3.63, 3.8) is 0 Å². The molecule has 8 atom stereocenters. The minimum absolute atomic E-state index is 0.194. The number of fused-ring (bicyclic) bond motifs is 5. The van der Waals surface area contributed by atoms with Gasteiger partial charge in [0.1, 0.15) is 0 Å². The Hall–Kier alpha value is -0.150. The molecule has 0 spiro atoms. The molecule has 4 aliphatic carbocycles. The Kier molecular flexibility index (Phi) is 7.13. The van der Waals surface area contributed by atoms with E-state index in [9.17, 15) is 14.4 Å². The lowest BCUT2D eigenvalue weighted by atomic mass is 9.47. The topological polar surface area (TPSA) is 66.8 Å². The van der Waals surface area contributed by atoms with Crippen LogP contribution in [0, 0.1) is 46.3 Å². The first-order chi connectivity index (χ1) is 14.9. The van der Waals surface area contributed by atoms with Gasteiger partial charge in [0, 0.05) is 0 Å². The van der Waals surface area contributed by atoms with Crippen LogP contribution in [0.25, 0.3) is 0 Å². The van der Waals surface area contributed by atoms with E-state index in [1.165, 1.54) is 50.5 Å². The highest BCUT2D eigenvalue weighted by atomic mass is 31.2. The zero-order valence-electron chi connectivity index (χ0n) is 21.1. The van der Waals surface area contributed by atoms with Gasteiger partial charge in [-0.1, -0.05) is 65.5 Å². The first kappa shape index (κ1) is 25.0. The molecule has 4 aliphatic rings. The zero-order chi connectivity index (χ0) is 23.3. The van der Waals surface area contributed by atoms with E-state index < -0.39 is 7.82 Å². The van der Waals surface area contributed by atoms with Crippen molar-refractivity contribution in [2.75, 3.05) is 0 Å². The average molecular weight is 467 g/mol. The highest BCUT2D eigenvalue weighted by Crippen LogP contribution is 2.67. The lowest BCUT2D eigenvalue weighted by molar-refractivity contribution is -0.0570. The molecule has 0 aromatic rings. The molecular formula is C27H47O4P. The van der Waals surface area contributed by atoms with Gasteiger partial charge < -0.3 is 9.79 Å². The molecule has 184 valence electrons. The van der Waals surface area contributed by atoms with Crippen molar-refractivity contribution in [2.24, 2.45) is 46.3 Å². The van der Waals surface area contributed by atoms with Gasteiger partial charge in [-0.15, -0.1) is 0 Å². The Bertz CT molecular complexity index is 757. The van der Waals surface area contributed by atoms with E-state index in [1.54, 1.807) is 0 Å². The minimum atomic E-state index is -4.41. The Morgan fingerprint density at radius 2 is 1.81 bits per heavy atom. The van der Waals surface area contributed by atoms with Gasteiger partial charge in [0.2, 0.25) is 0 Å². The lowest BCUT2D eigenvalue weighted by Crippen LogP contribution is -2.50. The lowest BCUT2D eigenvalue weighted by Gasteiger charge is -2.58. The second kappa shape index (κ2) is 9.14. The number of phosphoric acid groups is 1. The van der Waals surface area contributed by atoms with Gasteiger partial charge in [-0.05, 0) is 97.7 Å². The third-order valence-corrected chi connectivity index (χ3v) is 11.1. The van der Waals surface area contributed by atoms with Gasteiger partial charge >= 0.3 is 7.82 Å². The van der Waals surface area contributed by atoms with Crippen LogP contribution in [0.5, 0.6) is 0 Å². The second-order valence-electron chi connectivity index (χ2n) is 12.8. The van der Waals surface area contributed by atoms with Crippen molar-refractivity contribution < 1.29 is 18.9 Å². The standard InChI is InChI=1S/C27H47O4P/c1-18(2)7-6-8-19(3)23-11-12-24-22-10-9-20-17-21(31-32(28,29)30)13-15-26(20,4)25(22)14-16-27(23,24)5/h9,18-19,21-25H,6-8,10-17H2,1-5H3,(H2,28,29,30)/t19-,21?,22?,23-,24?,25?,26+,27-/m1/s1. The third kappa shape index (κ3) is 4.68. The molecule has 0 aromatic heterocycles. The van der Waals surface area contributed by atoms with E-state index in [0.717, 1.165) is 54.8 Å². The molecule has 32 heavy (non-hydrogen) atoms. The van der Waals surface area contributed by atoms with E-state index in [-0.39, 0.29) is 11.5 Å². The minimum Gasteiger partial charge on any atom is -0.303 e. The van der Waals surface area contributed by atoms with Crippen molar-refractivity contribution >= 4 is 7.82 Å². The monoisotopic (exact) mass is 466 g/mol. The summed E-state index contributed by atoms with van der Waals surface area (Å²) in [4.78, 5) is 18.5. The van der Waals surface area contributed by atoms with Gasteiger partial charge in [0.15, 0.2) is 0 Å². The van der Waals surface area contributed by atoms with Gasteiger partial charge in [-0.3, -0.25) is 4.52 Å². The number of hydrogen-bond donors (Lipinski definition) is 2. The Morgan fingerprint density at radius 1 is 1.06 bits per heavy atom. The third-order valence-electron chi connectivity index (χ3n) is 10.5. The summed E-state index contributed by atoms with van der Waals surface area (Å²) in [5.41, 5.74) is 2.12. The summed E-state index contributed by atoms with van der Waals surface area (Å²) in [6, 6.07) is 0. The molecule has 0 amide bonds. The highest BCUT2D eigenvalue weighted by molar-refractivity contribution is 7.46. The van der Waals surface area contributed by atoms with Crippen LogP contribution in [0.4, 0.5) is 0 Å². The van der Waals surface area contributed by atoms with E-state index in [0.29, 0.717) is 11.8 Å². The molecule has 0 heterocycles. The fourth-order valence-electron chi connectivity index (χ4n) is 8.94. The van der Waals surface area contributed by atoms with Gasteiger partial charge in [0.05, 0.1) is 6.10 Å². The summed E-state index contributed by atoms with van der Waals surface area (Å²) in [6.07, 6.45) is 15.4. The van der Waals surface area contributed by atoms with Crippen LogP contribution < -0.4 is 0 Å². The van der Waals surface area contributed by atoms with Crippen molar-refractivity contribution in [1.29, 1.82) is 0 Å². The molecule has 3 saturated carbocycles. The molecule has 0 aromatic carbocycles. The molecule has 0 aliphatic heterocycles. The van der Waals surface area contributed by atoms with Crippen molar-refractivity contribution in [2.45, 2.75) is 111 Å². The fraction of sp³-hybridized carbons (Fsp3) is 0.926. The maximum absolute atomic E-state index is 11.4. The summed E-state index contributed by atoms with van der Waals surface area (Å²) in [6.45, 7) is 12.3. The molecule has 0 bridgehead atoms. The molecular weight excluding hydrogens is 419 g/mol. The van der Waals surface area contributed by atoms with Crippen LogP contribution in [0.15, 0.2) is 11.6 Å². The van der Waals surface area contributed by atoms with Gasteiger partial charge in [0.25, 0.3) is 0 Å². The fourth-order valence-corrected chi connectivity index (χ4v) is 9.50. The van der Waals surface area contributed by atoms with E-state index in [4.69, 9.17) is 4.52 Å². The summed E-state index contributed by atoms with van der Waals surface area (Å²) >= 11 is 0. The predicted molar refractivity (Wildman–Crippen MR) is 130 cm³/mol. The molecule has 4 unspecified atom stereocenters. The summed E-state index contributed by atoms with van der Waals surface area (Å²) < 4.78 is 16.5. The van der Waals surface area contributed by atoms with Gasteiger partial charge in [-0.25, -0.2) is 4.57 Å². The average Bonchev–Trinajstić information content (AvgIpc) is 3.04. The Morgan fingerprint density at radius 3 is 2.50 bits per heavy atom. The maximum Gasteiger partial charge on any atom is 0.469 e. The van der Waals surface area contributed by atoms with Crippen LogP contribution in [0.3, 0.4) is 0 Å². The highest BCUT2D eigenvalue weighted by Gasteiger charge is 2.59. The maximum atomic E-state index is 11.4. The van der Waals surface area contributed by atoms with Crippen molar-refractivity contribution in [3.8, 4) is 0 Å². The number of rotatable bonds is 7. The quantitative estimate of drug-likeness (QED) is 0.301. The first-order valence-corrected chi connectivity index (χ1v) is 14.9. The smallest absolute Gasteiger partial charge is 0.303 e. The van der Waals surface area contributed by atoms with E-state index in [2.05, 4.69) is 40.7 Å². The summed E-state index contributed by atoms with van der Waals surface area (Å²) in [7, 11) is -4.41. The Labute approximate surface area is 196 Å². The number of allylic oxidation sites excluding steroid dienone is 1. The summed E-state index contributed by atoms with van der Waals surface area (Å²) in [5.74, 6) is 4.89. The van der Waals surface area contributed by atoms with Crippen LogP contribution in [-0.4, -0.2) is 15.9 Å². The van der Waals surface area contributed by atoms with E-state index in [1.807, 2.05) is 0 Å². The molecule has 2 N–H and O–H groups in total. The zero-order valence-corrected chi connectivity index (χ0v) is 21.9. The molecule has 3 fully saturated rings. The predicted octanol–water partition coefficient (Wildman–Crippen LogP) is 7.51. The van der Waals surface area contributed by atoms with Crippen LogP contribution in [0.2, 0.25) is 0 Å². The normalized spacial score (nSPS) is 42.8. The van der Waals surface area contributed by atoms with E-state index >= 15 is 0 Å². The molecule has 4 rings (SSSR count). The number of hydrogen-bond acceptors (Lipinski definition) is 2. The van der Waals surface area contributed by atoms with Crippen LogP contribution in [0.1, 0.15) is 105 Å². The van der Waals surface area contributed by atoms with Crippen molar-refractivity contribution in [1.82, 2.24) is 0 Å². The summed E-state index contributed by atoms with van der Waals surface area (Å²) in [5, 5.41) is 0. The SMILES string of the molecule is CC(C)CCC[C@@H](C)[C@H]1CCC2C3CC=C4CC(OP(=O)(O)O)CC[C@]4(C)C3CC[C@@]21C. The number of phosphoric ester groups is 1. The van der Waals surface area contributed by atoms with Crippen LogP contribution >= 0.6 is 7.82 Å². The van der Waals surface area contributed by atoms with Crippen LogP contribution in [-0.2, 0) is 9.09 Å². The molecule has 4 nitrogen and oxygen atoms in total. The van der Waals surface area contributed by atoms with Gasteiger partial charge in [-0.2, -0.15) is 0 Å².